The van der Waals surface area contributed by atoms with E-state index in [9.17, 15) is 15.2 Å². The highest BCUT2D eigenvalue weighted by Crippen LogP contribution is 2.33. The van der Waals surface area contributed by atoms with Crippen molar-refractivity contribution in [2.45, 2.75) is 19.1 Å². The van der Waals surface area contributed by atoms with Crippen molar-refractivity contribution in [3.63, 3.8) is 0 Å². The van der Waals surface area contributed by atoms with E-state index >= 15 is 0 Å². The minimum absolute atomic E-state index is 0.139. The van der Waals surface area contributed by atoms with Crippen LogP contribution >= 0.6 is 0 Å². The minimum atomic E-state index is -1.66. The molecule has 0 radical (unpaired) electrons. The van der Waals surface area contributed by atoms with Crippen molar-refractivity contribution in [2.24, 2.45) is 0 Å². The number of carboxylic acid groups (broad SMARTS) is 1. The van der Waals surface area contributed by atoms with Crippen molar-refractivity contribution in [3.05, 3.63) is 89.7 Å². The predicted molar refractivity (Wildman–Crippen MR) is 102 cm³/mol. The van der Waals surface area contributed by atoms with Gasteiger partial charge in [-0.1, -0.05) is 36.4 Å². The molecular weight excluding hydrogens is 356 g/mol. The number of hydrogen-bond acceptors (Lipinski definition) is 5. The maximum absolute atomic E-state index is 12.0. The minimum Gasteiger partial charge on any atom is -0.489 e. The third-order valence-electron chi connectivity index (χ3n) is 4.25. The van der Waals surface area contributed by atoms with Gasteiger partial charge in [0.15, 0.2) is 0 Å². The van der Waals surface area contributed by atoms with E-state index in [1.165, 1.54) is 13.0 Å². The number of pyridine rings is 1. The topological polar surface area (TPSA) is 92.4 Å². The van der Waals surface area contributed by atoms with Crippen molar-refractivity contribution in [1.29, 1.82) is 5.26 Å². The van der Waals surface area contributed by atoms with Gasteiger partial charge >= 0.3 is 5.97 Å². The maximum Gasteiger partial charge on any atom is 0.352 e. The molecule has 3 aromatic rings. The van der Waals surface area contributed by atoms with Crippen LogP contribution < -0.4 is 9.47 Å². The number of aliphatic carboxylic acids is 1. The molecule has 1 aromatic heterocycles. The first kappa shape index (κ1) is 18.9. The summed E-state index contributed by atoms with van der Waals surface area (Å²) in [7, 11) is 0. The number of carbonyl (C=O) groups is 1. The number of hydrogen-bond donors (Lipinski definition) is 1. The fraction of sp³-hybridized carbons (Fsp3) is 0.136. The van der Waals surface area contributed by atoms with E-state index < -0.39 is 11.6 Å². The van der Waals surface area contributed by atoms with Crippen molar-refractivity contribution in [1.82, 2.24) is 4.98 Å². The van der Waals surface area contributed by atoms with Crippen molar-refractivity contribution in [2.75, 3.05) is 0 Å². The first-order valence-electron chi connectivity index (χ1n) is 8.57. The largest absolute Gasteiger partial charge is 0.489 e. The molecule has 1 unspecified atom stereocenters. The number of nitrogens with zero attached hydrogens (tertiary/aromatic N) is 2. The molecule has 0 aliphatic carbocycles. The van der Waals surface area contributed by atoms with E-state index in [0.717, 1.165) is 5.56 Å². The second-order valence-corrected chi connectivity index (χ2v) is 6.23. The summed E-state index contributed by atoms with van der Waals surface area (Å²) in [5.74, 6) is -0.567. The summed E-state index contributed by atoms with van der Waals surface area (Å²) in [6.07, 6.45) is 3.37. The van der Waals surface area contributed by atoms with Gasteiger partial charge in [-0.05, 0) is 25.1 Å². The Bertz CT molecular complexity index is 1000. The Balaban J connectivity index is 1.89. The molecule has 6 heteroatoms. The summed E-state index contributed by atoms with van der Waals surface area (Å²) in [5.41, 5.74) is -0.0892. The first-order valence-corrected chi connectivity index (χ1v) is 8.57. The van der Waals surface area contributed by atoms with Gasteiger partial charge in [-0.25, -0.2) is 4.79 Å². The Kier molecular flexibility index (Phi) is 5.56. The molecule has 0 spiro atoms. The Morgan fingerprint density at radius 1 is 1.18 bits per heavy atom. The molecule has 0 bridgehead atoms. The lowest BCUT2D eigenvalue weighted by Crippen LogP contribution is -2.38. The molecule has 6 nitrogen and oxygen atoms in total. The molecule has 28 heavy (non-hydrogen) atoms. The van der Waals surface area contributed by atoms with Gasteiger partial charge in [0, 0.05) is 29.6 Å². The Hall–Kier alpha value is -3.85. The van der Waals surface area contributed by atoms with Crippen LogP contribution in [0, 0.1) is 11.3 Å². The SMILES string of the molecule is CC(Oc1cc(OCc2cccnc2)ccc1C#N)(C(=O)O)c1ccccc1. The number of benzene rings is 2. The lowest BCUT2D eigenvalue weighted by atomic mass is 9.95. The molecule has 0 aliphatic rings. The summed E-state index contributed by atoms with van der Waals surface area (Å²) in [4.78, 5) is 16.0. The van der Waals surface area contributed by atoms with E-state index in [0.29, 0.717) is 11.3 Å². The summed E-state index contributed by atoms with van der Waals surface area (Å²) < 4.78 is 11.6. The monoisotopic (exact) mass is 374 g/mol. The number of ether oxygens (including phenoxy) is 2. The molecule has 0 amide bonds. The molecule has 0 aliphatic heterocycles. The third kappa shape index (κ3) is 4.10. The van der Waals surface area contributed by atoms with E-state index in [4.69, 9.17) is 9.47 Å². The van der Waals surface area contributed by atoms with Crippen LogP contribution in [0.25, 0.3) is 0 Å². The van der Waals surface area contributed by atoms with Gasteiger partial charge in [0.25, 0.3) is 0 Å². The van der Waals surface area contributed by atoms with Crippen LogP contribution in [0.2, 0.25) is 0 Å². The summed E-state index contributed by atoms with van der Waals surface area (Å²) >= 11 is 0. The standard InChI is InChI=1S/C22H18N2O4/c1-22(21(25)26,18-7-3-2-4-8-18)28-20-12-19(10-9-17(20)13-23)27-15-16-6-5-11-24-14-16/h2-12,14H,15H2,1H3,(H,25,26). The Morgan fingerprint density at radius 2 is 1.96 bits per heavy atom. The lowest BCUT2D eigenvalue weighted by molar-refractivity contribution is -0.154. The van der Waals surface area contributed by atoms with E-state index in [1.54, 1.807) is 54.9 Å². The van der Waals surface area contributed by atoms with Gasteiger partial charge in [0.2, 0.25) is 5.60 Å². The van der Waals surface area contributed by atoms with Gasteiger partial charge in [-0.2, -0.15) is 5.26 Å². The molecule has 1 N–H and O–H groups in total. The van der Waals surface area contributed by atoms with Gasteiger partial charge in [-0.15, -0.1) is 0 Å². The van der Waals surface area contributed by atoms with E-state index in [2.05, 4.69) is 4.98 Å². The molecule has 1 heterocycles. The normalized spacial score (nSPS) is 12.4. The molecule has 0 saturated carbocycles. The highest BCUT2D eigenvalue weighted by atomic mass is 16.5. The van der Waals surface area contributed by atoms with Gasteiger partial charge in [0.05, 0.1) is 5.56 Å². The van der Waals surface area contributed by atoms with E-state index in [1.807, 2.05) is 18.2 Å². The molecule has 140 valence electrons. The van der Waals surface area contributed by atoms with Crippen LogP contribution in [0.4, 0.5) is 0 Å². The molecular formula is C22H18N2O4. The van der Waals surface area contributed by atoms with Crippen LogP contribution in [-0.4, -0.2) is 16.1 Å². The molecule has 2 aromatic carbocycles. The highest BCUT2D eigenvalue weighted by molar-refractivity contribution is 5.79. The number of nitriles is 1. The molecule has 0 fully saturated rings. The zero-order chi connectivity index (χ0) is 20.0. The van der Waals surface area contributed by atoms with Crippen molar-refractivity contribution in [3.8, 4) is 17.6 Å². The van der Waals surface area contributed by atoms with Crippen LogP contribution in [0.5, 0.6) is 11.5 Å². The second kappa shape index (κ2) is 8.23. The Morgan fingerprint density at radius 3 is 2.61 bits per heavy atom. The maximum atomic E-state index is 12.0. The van der Waals surface area contributed by atoms with Crippen LogP contribution in [0.15, 0.2) is 73.1 Å². The van der Waals surface area contributed by atoms with Crippen molar-refractivity contribution >= 4 is 5.97 Å². The van der Waals surface area contributed by atoms with E-state index in [-0.39, 0.29) is 17.9 Å². The van der Waals surface area contributed by atoms with Crippen LogP contribution in [-0.2, 0) is 17.0 Å². The molecule has 1 atom stereocenters. The smallest absolute Gasteiger partial charge is 0.352 e. The molecule has 0 saturated heterocycles. The van der Waals surface area contributed by atoms with Gasteiger partial charge in [0.1, 0.15) is 24.2 Å². The lowest BCUT2D eigenvalue weighted by Gasteiger charge is -2.27. The van der Waals surface area contributed by atoms with Crippen LogP contribution in [0.1, 0.15) is 23.6 Å². The average molecular weight is 374 g/mol. The third-order valence-corrected chi connectivity index (χ3v) is 4.25. The fourth-order valence-corrected chi connectivity index (χ4v) is 2.62. The zero-order valence-electron chi connectivity index (χ0n) is 15.2. The van der Waals surface area contributed by atoms with Crippen LogP contribution in [0.3, 0.4) is 0 Å². The molecule has 3 rings (SSSR count). The number of rotatable bonds is 7. The summed E-state index contributed by atoms with van der Waals surface area (Å²) in [5, 5.41) is 19.2. The number of carboxylic acids is 1. The fourth-order valence-electron chi connectivity index (χ4n) is 2.62. The quantitative estimate of drug-likeness (QED) is 0.674. The number of aromatic nitrogens is 1. The second-order valence-electron chi connectivity index (χ2n) is 6.23. The average Bonchev–Trinajstić information content (AvgIpc) is 2.73. The highest BCUT2D eigenvalue weighted by Gasteiger charge is 2.38. The Labute approximate surface area is 162 Å². The van der Waals surface area contributed by atoms with Gasteiger partial charge < -0.3 is 14.6 Å². The summed E-state index contributed by atoms with van der Waals surface area (Å²) in [6.45, 7) is 1.74. The van der Waals surface area contributed by atoms with Gasteiger partial charge in [-0.3, -0.25) is 4.98 Å². The predicted octanol–water partition coefficient (Wildman–Crippen LogP) is 3.91. The first-order chi connectivity index (χ1) is 13.5. The zero-order valence-corrected chi connectivity index (χ0v) is 15.2. The van der Waals surface area contributed by atoms with Crippen molar-refractivity contribution < 1.29 is 19.4 Å². The summed E-state index contributed by atoms with van der Waals surface area (Å²) in [6, 6.07) is 19.0.